The number of amides is 1. The maximum atomic E-state index is 11.9. The van der Waals surface area contributed by atoms with E-state index in [2.05, 4.69) is 25.8 Å². The van der Waals surface area contributed by atoms with Crippen molar-refractivity contribution in [3.63, 3.8) is 0 Å². The molecule has 0 bridgehead atoms. The van der Waals surface area contributed by atoms with E-state index < -0.39 is 6.10 Å². The van der Waals surface area contributed by atoms with E-state index in [1.165, 1.54) is 4.68 Å². The molecule has 0 unspecified atom stereocenters. The van der Waals surface area contributed by atoms with Gasteiger partial charge in [-0.3, -0.25) is 14.4 Å². The number of β-amino-alcohol motifs (C(OH)–C–C–N with tert-alkyl or cyclic N) is 1. The van der Waals surface area contributed by atoms with Crippen molar-refractivity contribution in [2.24, 2.45) is 5.73 Å². The summed E-state index contributed by atoms with van der Waals surface area (Å²) in [5.41, 5.74) is 5.64. The molecule has 1 saturated heterocycles. The van der Waals surface area contributed by atoms with E-state index in [4.69, 9.17) is 5.73 Å². The average molecular weight is 297 g/mol. The number of hydrogen-bond acceptors (Lipinski definition) is 7. The minimum Gasteiger partial charge on any atom is -0.390 e. The van der Waals surface area contributed by atoms with Crippen LogP contribution in [-0.4, -0.2) is 82.8 Å². The maximum absolute atomic E-state index is 11.9. The highest BCUT2D eigenvalue weighted by Crippen LogP contribution is 1.96. The van der Waals surface area contributed by atoms with Crippen LogP contribution in [0.1, 0.15) is 10.5 Å². The smallest absolute Gasteiger partial charge is 0.273 e. The van der Waals surface area contributed by atoms with Crippen molar-refractivity contribution in [1.82, 2.24) is 30.5 Å². The lowest BCUT2D eigenvalue weighted by Crippen LogP contribution is -2.48. The van der Waals surface area contributed by atoms with Gasteiger partial charge in [0.2, 0.25) is 0 Å². The molecule has 118 valence electrons. The highest BCUT2D eigenvalue weighted by molar-refractivity contribution is 5.91. The van der Waals surface area contributed by atoms with Crippen LogP contribution in [0.5, 0.6) is 0 Å². The summed E-state index contributed by atoms with van der Waals surface area (Å²) in [5.74, 6) is -0.336. The minimum atomic E-state index is -0.592. The van der Waals surface area contributed by atoms with Gasteiger partial charge >= 0.3 is 0 Å². The molecule has 2 heterocycles. The lowest BCUT2D eigenvalue weighted by molar-refractivity contribution is 0.0838. The van der Waals surface area contributed by atoms with Gasteiger partial charge in [0.1, 0.15) is 0 Å². The molecule has 0 aliphatic carbocycles. The second-order valence-electron chi connectivity index (χ2n) is 5.07. The predicted octanol–water partition coefficient (Wildman–Crippen LogP) is -2.77. The number of nitrogens with two attached hydrogens (primary N) is 1. The first-order valence-electron chi connectivity index (χ1n) is 7.18. The number of nitrogens with zero attached hydrogens (tertiary/aromatic N) is 4. The zero-order valence-electron chi connectivity index (χ0n) is 12.0. The first-order chi connectivity index (χ1) is 10.2. The number of nitrogens with one attached hydrogen (secondary N) is 2. The molecule has 1 atom stereocenters. The number of aliphatic hydroxyl groups is 1. The number of carbonyl (C=O) groups is 1. The van der Waals surface area contributed by atoms with E-state index in [0.29, 0.717) is 19.6 Å². The van der Waals surface area contributed by atoms with Crippen molar-refractivity contribution >= 4 is 5.91 Å². The summed E-state index contributed by atoms with van der Waals surface area (Å²) < 4.78 is 1.52. The van der Waals surface area contributed by atoms with Gasteiger partial charge in [-0.1, -0.05) is 5.21 Å². The topological polar surface area (TPSA) is 121 Å². The van der Waals surface area contributed by atoms with Crippen molar-refractivity contribution in [2.75, 3.05) is 45.8 Å². The van der Waals surface area contributed by atoms with Gasteiger partial charge in [-0.15, -0.1) is 5.10 Å². The average Bonchev–Trinajstić information content (AvgIpc) is 2.95. The van der Waals surface area contributed by atoms with Gasteiger partial charge in [-0.05, 0) is 0 Å². The first kappa shape index (κ1) is 15.8. The standard InChI is InChI=1S/C12H23N7O2/c13-1-4-19-9-11(16-17-19)12(21)15-7-10(20)8-18-5-2-14-3-6-18/h9-10,14,20H,1-8,13H2,(H,15,21)/t10-/m1/s1. The molecule has 9 heteroatoms. The van der Waals surface area contributed by atoms with Crippen molar-refractivity contribution in [2.45, 2.75) is 12.6 Å². The van der Waals surface area contributed by atoms with Gasteiger partial charge in [0, 0.05) is 45.8 Å². The highest BCUT2D eigenvalue weighted by atomic mass is 16.3. The summed E-state index contributed by atoms with van der Waals surface area (Å²) in [6.45, 7) is 5.41. The fraction of sp³-hybridized carbons (Fsp3) is 0.750. The second kappa shape index (κ2) is 8.03. The van der Waals surface area contributed by atoms with Crippen LogP contribution in [0, 0.1) is 0 Å². The Labute approximate surface area is 123 Å². The largest absolute Gasteiger partial charge is 0.390 e. The number of piperazine rings is 1. The van der Waals surface area contributed by atoms with Gasteiger partial charge in [0.15, 0.2) is 5.69 Å². The second-order valence-corrected chi connectivity index (χ2v) is 5.07. The third-order valence-electron chi connectivity index (χ3n) is 3.31. The van der Waals surface area contributed by atoms with E-state index >= 15 is 0 Å². The van der Waals surface area contributed by atoms with Crippen LogP contribution >= 0.6 is 0 Å². The molecule has 1 aromatic rings. The van der Waals surface area contributed by atoms with E-state index in [1.54, 1.807) is 6.20 Å². The molecule has 1 aliphatic heterocycles. The Bertz CT molecular complexity index is 445. The molecular formula is C12H23N7O2. The molecule has 1 fully saturated rings. The van der Waals surface area contributed by atoms with Gasteiger partial charge in [-0.2, -0.15) is 0 Å². The molecule has 0 aromatic carbocycles. The Morgan fingerprint density at radius 2 is 2.29 bits per heavy atom. The van der Waals surface area contributed by atoms with Crippen LogP contribution in [0.25, 0.3) is 0 Å². The number of hydrogen-bond donors (Lipinski definition) is 4. The Morgan fingerprint density at radius 3 is 3.00 bits per heavy atom. The van der Waals surface area contributed by atoms with Crippen molar-refractivity contribution < 1.29 is 9.90 Å². The van der Waals surface area contributed by atoms with Gasteiger partial charge in [0.25, 0.3) is 5.91 Å². The molecule has 0 saturated carbocycles. The van der Waals surface area contributed by atoms with Crippen molar-refractivity contribution in [3.05, 3.63) is 11.9 Å². The van der Waals surface area contributed by atoms with Crippen molar-refractivity contribution in [3.8, 4) is 0 Å². The van der Waals surface area contributed by atoms with E-state index in [9.17, 15) is 9.90 Å². The summed E-state index contributed by atoms with van der Waals surface area (Å²) >= 11 is 0. The number of rotatable bonds is 7. The van der Waals surface area contributed by atoms with Crippen LogP contribution in [-0.2, 0) is 6.54 Å². The molecule has 21 heavy (non-hydrogen) atoms. The molecule has 0 radical (unpaired) electrons. The Kier molecular flexibility index (Phi) is 6.05. The fourth-order valence-electron chi connectivity index (χ4n) is 2.20. The van der Waals surface area contributed by atoms with Gasteiger partial charge < -0.3 is 21.5 Å². The van der Waals surface area contributed by atoms with Crippen LogP contribution in [0.3, 0.4) is 0 Å². The quantitative estimate of drug-likeness (QED) is 0.430. The summed E-state index contributed by atoms with van der Waals surface area (Å²) in [4.78, 5) is 14.0. The first-order valence-corrected chi connectivity index (χ1v) is 7.18. The molecule has 1 aromatic heterocycles. The minimum absolute atomic E-state index is 0.201. The van der Waals surface area contributed by atoms with E-state index in [1.807, 2.05) is 0 Å². The molecule has 1 aliphatic rings. The Morgan fingerprint density at radius 1 is 1.52 bits per heavy atom. The molecule has 5 N–H and O–H groups in total. The monoisotopic (exact) mass is 297 g/mol. The van der Waals surface area contributed by atoms with E-state index in [-0.39, 0.29) is 18.1 Å². The zero-order valence-corrected chi connectivity index (χ0v) is 12.0. The number of aromatic nitrogens is 3. The molecule has 2 rings (SSSR count). The third-order valence-corrected chi connectivity index (χ3v) is 3.31. The van der Waals surface area contributed by atoms with Gasteiger partial charge in [0.05, 0.1) is 18.8 Å². The SMILES string of the molecule is NCCn1cc(C(=O)NC[C@@H](O)CN2CCNCC2)nn1. The summed E-state index contributed by atoms with van der Waals surface area (Å²) in [5, 5.41) is 23.4. The normalized spacial score (nSPS) is 17.6. The van der Waals surface area contributed by atoms with Crippen LogP contribution < -0.4 is 16.4 Å². The lowest BCUT2D eigenvalue weighted by atomic mass is 10.2. The molecule has 1 amide bonds. The maximum Gasteiger partial charge on any atom is 0.273 e. The molecule has 0 spiro atoms. The molecular weight excluding hydrogens is 274 g/mol. The Hall–Kier alpha value is -1.55. The predicted molar refractivity (Wildman–Crippen MR) is 76.7 cm³/mol. The van der Waals surface area contributed by atoms with Crippen LogP contribution in [0.2, 0.25) is 0 Å². The number of carbonyl (C=O) groups excluding carboxylic acids is 1. The number of aliphatic hydroxyl groups excluding tert-OH is 1. The van der Waals surface area contributed by atoms with Crippen LogP contribution in [0.15, 0.2) is 6.20 Å². The Balaban J connectivity index is 1.71. The highest BCUT2D eigenvalue weighted by Gasteiger charge is 2.16. The van der Waals surface area contributed by atoms with E-state index in [0.717, 1.165) is 26.2 Å². The lowest BCUT2D eigenvalue weighted by Gasteiger charge is -2.29. The summed E-state index contributed by atoms with van der Waals surface area (Å²) in [6, 6.07) is 0. The fourth-order valence-corrected chi connectivity index (χ4v) is 2.20. The van der Waals surface area contributed by atoms with Crippen molar-refractivity contribution in [1.29, 1.82) is 0 Å². The summed E-state index contributed by atoms with van der Waals surface area (Å²) in [7, 11) is 0. The van der Waals surface area contributed by atoms with Gasteiger partial charge in [-0.25, -0.2) is 0 Å². The molecule has 9 nitrogen and oxygen atoms in total. The third kappa shape index (κ3) is 5.05. The zero-order chi connectivity index (χ0) is 15.1. The summed E-state index contributed by atoms with van der Waals surface area (Å²) in [6.07, 6.45) is 0.955. The van der Waals surface area contributed by atoms with Crippen LogP contribution in [0.4, 0.5) is 0 Å².